The molecule has 2 aromatic heterocycles. The third kappa shape index (κ3) is 2.57. The number of nitrogens with one attached hydrogen (secondary N) is 1. The van der Waals surface area contributed by atoms with Crippen molar-refractivity contribution in [3.63, 3.8) is 0 Å². The van der Waals surface area contributed by atoms with Gasteiger partial charge in [-0.1, -0.05) is 84.9 Å². The lowest BCUT2D eigenvalue weighted by atomic mass is 9.95. The number of hydrogen-bond acceptors (Lipinski definition) is 1. The van der Waals surface area contributed by atoms with Crippen LogP contribution in [0.5, 0.6) is 0 Å². The molecule has 2 heterocycles. The zero-order valence-electron chi connectivity index (χ0n) is 17.3. The number of rotatable bonds is 2. The van der Waals surface area contributed by atoms with Gasteiger partial charge in [0.25, 0.3) is 0 Å². The predicted molar refractivity (Wildman–Crippen MR) is 140 cm³/mol. The molecule has 32 heavy (non-hydrogen) atoms. The summed E-state index contributed by atoms with van der Waals surface area (Å²) in [6.45, 7) is 0. The fourth-order valence-corrected chi connectivity index (χ4v) is 6.12. The zero-order chi connectivity index (χ0) is 21.1. The molecule has 0 aliphatic rings. The minimum atomic E-state index is 1.18. The molecule has 1 N–H and O–H groups in total. The highest BCUT2D eigenvalue weighted by atomic mass is 32.1. The van der Waals surface area contributed by atoms with E-state index >= 15 is 0 Å². The maximum atomic E-state index is 3.66. The van der Waals surface area contributed by atoms with Crippen LogP contribution in [-0.4, -0.2) is 4.98 Å². The van der Waals surface area contributed by atoms with Crippen LogP contribution in [-0.2, 0) is 0 Å². The fourth-order valence-electron chi connectivity index (χ4n) is 4.98. The molecule has 0 radical (unpaired) electrons. The SMILES string of the molecule is c1cc(-c2cccc3c2[nH]c2ccccc23)cc(-c2cccc3sc4ccccc4c23)c1. The van der Waals surface area contributed by atoms with Crippen molar-refractivity contribution in [1.82, 2.24) is 4.98 Å². The van der Waals surface area contributed by atoms with Gasteiger partial charge in [0.15, 0.2) is 0 Å². The second kappa shape index (κ2) is 6.81. The largest absolute Gasteiger partial charge is 0.354 e. The summed E-state index contributed by atoms with van der Waals surface area (Å²) < 4.78 is 2.68. The molecule has 1 nitrogen and oxygen atoms in total. The summed E-state index contributed by atoms with van der Waals surface area (Å²) in [6, 6.07) is 39.5. The quantitative estimate of drug-likeness (QED) is 0.284. The Bertz CT molecular complexity index is 1780. The van der Waals surface area contributed by atoms with E-state index in [1.165, 1.54) is 64.2 Å². The fraction of sp³-hybridized carbons (Fsp3) is 0. The molecule has 150 valence electrons. The lowest BCUT2D eigenvalue weighted by Crippen LogP contribution is -1.84. The predicted octanol–water partition coefficient (Wildman–Crippen LogP) is 9.02. The number of thiophene rings is 1. The normalized spacial score (nSPS) is 11.8. The third-order valence-corrected chi connectivity index (χ3v) is 7.56. The van der Waals surface area contributed by atoms with Gasteiger partial charge in [-0.25, -0.2) is 0 Å². The van der Waals surface area contributed by atoms with Crippen LogP contribution in [0.15, 0.2) is 109 Å². The van der Waals surface area contributed by atoms with Crippen molar-refractivity contribution in [3.8, 4) is 22.3 Å². The van der Waals surface area contributed by atoms with E-state index < -0.39 is 0 Å². The van der Waals surface area contributed by atoms with E-state index in [0.29, 0.717) is 0 Å². The Morgan fingerprint density at radius 1 is 0.500 bits per heavy atom. The van der Waals surface area contributed by atoms with Gasteiger partial charge in [-0.05, 0) is 41.0 Å². The topological polar surface area (TPSA) is 15.8 Å². The zero-order valence-corrected chi connectivity index (χ0v) is 18.1. The van der Waals surface area contributed by atoms with Gasteiger partial charge in [-0.2, -0.15) is 0 Å². The minimum absolute atomic E-state index is 1.18. The Hall–Kier alpha value is -3.88. The average molecular weight is 426 g/mol. The van der Waals surface area contributed by atoms with E-state index in [0.717, 1.165) is 0 Å². The van der Waals surface area contributed by atoms with Gasteiger partial charge in [-0.15, -0.1) is 11.3 Å². The van der Waals surface area contributed by atoms with Crippen LogP contribution in [0.1, 0.15) is 0 Å². The van der Waals surface area contributed by atoms with E-state index in [4.69, 9.17) is 0 Å². The maximum Gasteiger partial charge on any atom is 0.0544 e. The van der Waals surface area contributed by atoms with E-state index in [-0.39, 0.29) is 0 Å². The molecular weight excluding hydrogens is 406 g/mol. The highest BCUT2D eigenvalue weighted by Gasteiger charge is 2.13. The summed E-state index contributed by atoms with van der Waals surface area (Å²) in [5.41, 5.74) is 7.40. The van der Waals surface area contributed by atoms with Gasteiger partial charge >= 0.3 is 0 Å². The van der Waals surface area contributed by atoms with Crippen molar-refractivity contribution in [2.45, 2.75) is 0 Å². The Labute approximate surface area is 189 Å². The van der Waals surface area contributed by atoms with E-state index in [2.05, 4.69) is 114 Å². The number of fused-ring (bicyclic) bond motifs is 6. The molecule has 7 rings (SSSR count). The first-order chi connectivity index (χ1) is 15.9. The minimum Gasteiger partial charge on any atom is -0.354 e. The number of aromatic nitrogens is 1. The smallest absolute Gasteiger partial charge is 0.0544 e. The number of aromatic amines is 1. The molecule has 0 aliphatic heterocycles. The second-order valence-electron chi connectivity index (χ2n) is 8.26. The van der Waals surface area contributed by atoms with E-state index in [9.17, 15) is 0 Å². The average Bonchev–Trinajstić information content (AvgIpc) is 3.42. The van der Waals surface area contributed by atoms with Gasteiger partial charge in [0, 0.05) is 42.0 Å². The van der Waals surface area contributed by atoms with E-state index in [1.54, 1.807) is 0 Å². The number of H-pyrrole nitrogens is 1. The number of hydrogen-bond donors (Lipinski definition) is 1. The Balaban J connectivity index is 1.47. The molecule has 2 heteroatoms. The van der Waals surface area contributed by atoms with Crippen LogP contribution in [0.4, 0.5) is 0 Å². The van der Waals surface area contributed by atoms with Gasteiger partial charge in [-0.3, -0.25) is 0 Å². The molecule has 0 saturated heterocycles. The van der Waals surface area contributed by atoms with Crippen molar-refractivity contribution < 1.29 is 0 Å². The number of para-hydroxylation sites is 2. The summed E-state index contributed by atoms with van der Waals surface area (Å²) in [5, 5.41) is 5.24. The van der Waals surface area contributed by atoms with Gasteiger partial charge in [0.05, 0.1) is 5.52 Å². The molecular formula is C30H19NS. The molecule has 0 unspecified atom stereocenters. The Morgan fingerprint density at radius 2 is 1.16 bits per heavy atom. The first kappa shape index (κ1) is 17.8. The van der Waals surface area contributed by atoms with Gasteiger partial charge in [0.2, 0.25) is 0 Å². The summed E-state index contributed by atoms with van der Waals surface area (Å²) in [5.74, 6) is 0. The molecule has 0 amide bonds. The maximum absolute atomic E-state index is 3.66. The van der Waals surface area contributed by atoms with Gasteiger partial charge < -0.3 is 4.98 Å². The highest BCUT2D eigenvalue weighted by molar-refractivity contribution is 7.25. The molecule has 0 fully saturated rings. The summed E-state index contributed by atoms with van der Waals surface area (Å²) in [7, 11) is 0. The van der Waals surface area contributed by atoms with E-state index in [1.807, 2.05) is 11.3 Å². The summed E-state index contributed by atoms with van der Waals surface area (Å²) in [6.07, 6.45) is 0. The van der Waals surface area contributed by atoms with Crippen LogP contribution in [0.3, 0.4) is 0 Å². The molecule has 0 spiro atoms. The first-order valence-corrected chi connectivity index (χ1v) is 11.7. The second-order valence-corrected chi connectivity index (χ2v) is 9.34. The van der Waals surface area contributed by atoms with Crippen LogP contribution < -0.4 is 0 Å². The van der Waals surface area contributed by atoms with Crippen molar-refractivity contribution >= 4 is 53.3 Å². The Kier molecular flexibility index (Phi) is 3.78. The lowest BCUT2D eigenvalue weighted by Gasteiger charge is -2.09. The molecule has 0 saturated carbocycles. The van der Waals surface area contributed by atoms with Crippen LogP contribution >= 0.6 is 11.3 Å². The lowest BCUT2D eigenvalue weighted by molar-refractivity contribution is 1.53. The third-order valence-electron chi connectivity index (χ3n) is 6.43. The van der Waals surface area contributed by atoms with Crippen LogP contribution in [0.2, 0.25) is 0 Å². The van der Waals surface area contributed by atoms with Gasteiger partial charge in [0.1, 0.15) is 0 Å². The number of benzene rings is 5. The molecule has 0 bridgehead atoms. The first-order valence-electron chi connectivity index (χ1n) is 10.9. The Morgan fingerprint density at radius 3 is 2.09 bits per heavy atom. The van der Waals surface area contributed by atoms with Crippen molar-refractivity contribution in [2.24, 2.45) is 0 Å². The van der Waals surface area contributed by atoms with Crippen molar-refractivity contribution in [1.29, 1.82) is 0 Å². The molecule has 7 aromatic rings. The molecule has 0 atom stereocenters. The summed E-state index contributed by atoms with van der Waals surface area (Å²) >= 11 is 1.87. The molecule has 5 aromatic carbocycles. The highest BCUT2D eigenvalue weighted by Crippen LogP contribution is 2.41. The van der Waals surface area contributed by atoms with Crippen LogP contribution in [0, 0.1) is 0 Å². The summed E-state index contributed by atoms with van der Waals surface area (Å²) in [4.78, 5) is 3.66. The molecule has 0 aliphatic carbocycles. The van der Waals surface area contributed by atoms with Crippen molar-refractivity contribution in [3.05, 3.63) is 109 Å². The van der Waals surface area contributed by atoms with Crippen LogP contribution in [0.25, 0.3) is 64.2 Å². The monoisotopic (exact) mass is 425 g/mol. The standard InChI is InChI=1S/C30H19NS/c1-3-15-26-23(10-1)24-14-6-13-22(30(24)31-26)20-9-5-8-19(18-20)21-12-7-17-28-29(21)25-11-2-4-16-27(25)32-28/h1-18,31H. The van der Waals surface area contributed by atoms with Crippen molar-refractivity contribution in [2.75, 3.05) is 0 Å².